The predicted molar refractivity (Wildman–Crippen MR) is 155 cm³/mol. The summed E-state index contributed by atoms with van der Waals surface area (Å²) in [5.41, 5.74) is 4.16. The Balaban J connectivity index is 1.26. The molecule has 0 saturated heterocycles. The van der Waals surface area contributed by atoms with Crippen molar-refractivity contribution in [3.8, 4) is 0 Å². The van der Waals surface area contributed by atoms with Gasteiger partial charge < -0.3 is 19.5 Å². The van der Waals surface area contributed by atoms with Gasteiger partial charge in [0.15, 0.2) is 8.32 Å². The Morgan fingerprint density at radius 3 is 2.58 bits per heavy atom. The third kappa shape index (κ3) is 7.32. The molecule has 38 heavy (non-hydrogen) atoms. The minimum absolute atomic E-state index is 0.190. The van der Waals surface area contributed by atoms with Crippen LogP contribution in [-0.2, 0) is 27.2 Å². The third-order valence-corrected chi connectivity index (χ3v) is 12.5. The lowest BCUT2D eigenvalue weighted by molar-refractivity contribution is -0.139. The maximum Gasteiger partial charge on any atom is 0.331 e. The van der Waals surface area contributed by atoms with E-state index in [-0.39, 0.29) is 17.6 Å². The van der Waals surface area contributed by atoms with Gasteiger partial charge in [0.25, 0.3) is 0 Å². The topological polar surface area (TPSA) is 89.1 Å². The second-order valence-electron chi connectivity index (χ2n) is 11.8. The molecule has 1 aliphatic carbocycles. The highest BCUT2D eigenvalue weighted by Crippen LogP contribution is 2.37. The van der Waals surface area contributed by atoms with Crippen LogP contribution in [0.1, 0.15) is 64.0 Å². The van der Waals surface area contributed by atoms with Crippen LogP contribution in [0.5, 0.6) is 0 Å². The number of nitrogens with one attached hydrogen (secondary N) is 2. The van der Waals surface area contributed by atoms with Crippen LogP contribution >= 0.6 is 0 Å². The van der Waals surface area contributed by atoms with Crippen LogP contribution in [0.15, 0.2) is 54.5 Å². The first-order valence-electron chi connectivity index (χ1n) is 13.7. The summed E-state index contributed by atoms with van der Waals surface area (Å²) in [6, 6.07) is 10.2. The molecule has 0 radical (unpaired) electrons. The zero-order chi connectivity index (χ0) is 27.2. The summed E-state index contributed by atoms with van der Waals surface area (Å²) in [5.74, 6) is 0.970. The molecule has 4 rings (SSSR count). The number of H-pyrrole nitrogens is 1. The van der Waals surface area contributed by atoms with E-state index in [1.54, 1.807) is 12.4 Å². The maximum atomic E-state index is 12.7. The van der Waals surface area contributed by atoms with Gasteiger partial charge in [0.05, 0.1) is 12.0 Å². The first-order valence-corrected chi connectivity index (χ1v) is 16.6. The number of hydrogen-bond donors (Lipinski definition) is 2. The van der Waals surface area contributed by atoms with E-state index >= 15 is 0 Å². The van der Waals surface area contributed by atoms with Crippen molar-refractivity contribution in [3.63, 3.8) is 0 Å². The molecule has 3 aromatic rings. The molecule has 1 aromatic carbocycles. The molecule has 1 aliphatic rings. The normalized spacial score (nSPS) is 17.6. The molecule has 7 nitrogen and oxygen atoms in total. The van der Waals surface area contributed by atoms with Gasteiger partial charge in [-0.05, 0) is 66.9 Å². The molecule has 204 valence electrons. The molecule has 0 bridgehead atoms. The number of carbonyl (C=O) groups is 1. The van der Waals surface area contributed by atoms with Crippen molar-refractivity contribution in [2.45, 2.75) is 84.2 Å². The Bertz CT molecular complexity index is 1240. The lowest BCUT2D eigenvalue weighted by Crippen LogP contribution is -2.40. The monoisotopic (exact) mass is 534 g/mol. The van der Waals surface area contributed by atoms with Crippen LogP contribution in [0.25, 0.3) is 11.0 Å². The van der Waals surface area contributed by atoms with E-state index in [1.165, 1.54) is 12.0 Å². The van der Waals surface area contributed by atoms with Gasteiger partial charge in [-0.2, -0.15) is 0 Å². The number of nitrogens with zero attached hydrogens (tertiary/aromatic N) is 2. The number of anilines is 1. The first kappa shape index (κ1) is 28.0. The van der Waals surface area contributed by atoms with Gasteiger partial charge in [-0.25, -0.2) is 14.8 Å². The largest absolute Gasteiger partial charge is 0.458 e. The van der Waals surface area contributed by atoms with Crippen molar-refractivity contribution in [1.82, 2.24) is 15.0 Å². The Hall–Kier alpha value is -2.97. The molecule has 1 saturated carbocycles. The highest BCUT2D eigenvalue weighted by Gasteiger charge is 2.37. The number of hydrogen-bond acceptors (Lipinski definition) is 6. The van der Waals surface area contributed by atoms with E-state index in [2.05, 4.69) is 66.3 Å². The average molecular weight is 535 g/mol. The lowest BCUT2D eigenvalue weighted by atomic mass is 9.82. The van der Waals surface area contributed by atoms with Gasteiger partial charge in [0.2, 0.25) is 0 Å². The van der Waals surface area contributed by atoms with Gasteiger partial charge in [-0.1, -0.05) is 57.0 Å². The Kier molecular flexibility index (Phi) is 9.05. The van der Waals surface area contributed by atoms with Crippen molar-refractivity contribution in [1.29, 1.82) is 0 Å². The predicted octanol–water partition coefficient (Wildman–Crippen LogP) is 7.14. The number of aromatic nitrogens is 3. The summed E-state index contributed by atoms with van der Waals surface area (Å²) in [7, 11) is -1.78. The van der Waals surface area contributed by atoms with E-state index in [9.17, 15) is 4.79 Å². The minimum atomic E-state index is -1.78. The highest BCUT2D eigenvalue weighted by molar-refractivity contribution is 6.74. The average Bonchev–Trinajstić information content (AvgIpc) is 3.37. The first-order chi connectivity index (χ1) is 18.1. The van der Waals surface area contributed by atoms with Gasteiger partial charge >= 0.3 is 5.97 Å². The molecule has 8 heteroatoms. The fraction of sp³-hybridized carbons (Fsp3) is 0.500. The third-order valence-electron chi connectivity index (χ3n) is 8.04. The quantitative estimate of drug-likeness (QED) is 0.163. The number of esters is 1. The van der Waals surface area contributed by atoms with Crippen LogP contribution < -0.4 is 5.32 Å². The van der Waals surface area contributed by atoms with E-state index in [0.29, 0.717) is 12.5 Å². The second kappa shape index (κ2) is 12.3. The number of carbonyl (C=O) groups excluding carboxylic acids is 1. The van der Waals surface area contributed by atoms with Crippen molar-refractivity contribution < 1.29 is 14.0 Å². The summed E-state index contributed by atoms with van der Waals surface area (Å²) < 4.78 is 11.9. The summed E-state index contributed by atoms with van der Waals surface area (Å²) >= 11 is 0. The number of ether oxygens (including phenoxy) is 1. The summed E-state index contributed by atoms with van der Waals surface area (Å²) in [6.45, 7) is 13.0. The Labute approximate surface area is 227 Å². The van der Waals surface area contributed by atoms with E-state index in [1.807, 2.05) is 24.4 Å². The molecule has 0 spiro atoms. The number of fused-ring (bicyclic) bond motifs is 1. The number of allylic oxidation sites excluding steroid dienone is 1. The van der Waals surface area contributed by atoms with Crippen LogP contribution in [0.3, 0.4) is 0 Å². The van der Waals surface area contributed by atoms with Crippen LogP contribution in [0, 0.1) is 5.92 Å². The SMILES string of the molecule is CC(C)(C)[Si](C)(C)OCc1ccc(COC(=O)C=C2CCCCC2CCNc2ncnc3[nH]ccc23)cc1. The van der Waals surface area contributed by atoms with Crippen molar-refractivity contribution in [3.05, 3.63) is 65.6 Å². The van der Waals surface area contributed by atoms with Gasteiger partial charge in [0.1, 0.15) is 24.4 Å². The van der Waals surface area contributed by atoms with E-state index < -0.39 is 8.32 Å². The molecular formula is C30H42N4O3Si. The zero-order valence-electron chi connectivity index (χ0n) is 23.5. The van der Waals surface area contributed by atoms with E-state index in [4.69, 9.17) is 9.16 Å². The van der Waals surface area contributed by atoms with Gasteiger partial charge in [-0.3, -0.25) is 0 Å². The zero-order valence-corrected chi connectivity index (χ0v) is 24.5. The second-order valence-corrected chi connectivity index (χ2v) is 16.6. The van der Waals surface area contributed by atoms with Crippen molar-refractivity contribution >= 4 is 31.1 Å². The van der Waals surface area contributed by atoms with E-state index in [0.717, 1.165) is 60.2 Å². The van der Waals surface area contributed by atoms with Crippen molar-refractivity contribution in [2.24, 2.45) is 5.92 Å². The van der Waals surface area contributed by atoms with Crippen LogP contribution in [0.2, 0.25) is 18.1 Å². The molecule has 0 amide bonds. The van der Waals surface area contributed by atoms with Crippen molar-refractivity contribution in [2.75, 3.05) is 11.9 Å². The summed E-state index contributed by atoms with van der Waals surface area (Å²) in [5, 5.41) is 4.63. The van der Waals surface area contributed by atoms with Crippen LogP contribution in [0.4, 0.5) is 5.82 Å². The van der Waals surface area contributed by atoms with Gasteiger partial charge in [0, 0.05) is 18.8 Å². The minimum Gasteiger partial charge on any atom is -0.458 e. The van der Waals surface area contributed by atoms with Crippen LogP contribution in [-0.4, -0.2) is 35.8 Å². The number of aromatic amines is 1. The summed E-state index contributed by atoms with van der Waals surface area (Å²) in [4.78, 5) is 24.4. The lowest BCUT2D eigenvalue weighted by Gasteiger charge is -2.36. The standard InChI is InChI=1S/C30H42N4O3Si/c1-30(2,3)38(4,5)37-20-23-12-10-22(11-13-23)19-36-27(35)18-25-9-7-6-8-24(25)14-16-31-28-26-15-17-32-29(26)34-21-33-28/h10-13,15,17-18,21,24H,6-9,14,16,19-20H2,1-5H3,(H2,31,32,33,34). The van der Waals surface area contributed by atoms with Gasteiger partial charge in [-0.15, -0.1) is 0 Å². The molecule has 1 fully saturated rings. The number of benzene rings is 1. The number of rotatable bonds is 10. The highest BCUT2D eigenvalue weighted by atomic mass is 28.4. The summed E-state index contributed by atoms with van der Waals surface area (Å²) in [6.07, 6.45) is 10.5. The molecule has 1 atom stereocenters. The smallest absolute Gasteiger partial charge is 0.331 e. The fourth-order valence-electron chi connectivity index (χ4n) is 4.57. The molecule has 0 aliphatic heterocycles. The Morgan fingerprint density at radius 1 is 1.11 bits per heavy atom. The molecule has 2 N–H and O–H groups in total. The maximum absolute atomic E-state index is 12.7. The Morgan fingerprint density at radius 2 is 1.84 bits per heavy atom. The molecule has 2 heterocycles. The molecule has 2 aromatic heterocycles. The molecule has 1 unspecified atom stereocenters. The molecular weight excluding hydrogens is 492 g/mol. The fourth-order valence-corrected chi connectivity index (χ4v) is 5.53.